The van der Waals surface area contributed by atoms with E-state index in [0.29, 0.717) is 0 Å². The fraction of sp³-hybridized carbons (Fsp3) is 0.667. The molecule has 0 unspecified atom stereocenters. The van der Waals surface area contributed by atoms with E-state index < -0.39 is 0 Å². The largest absolute Gasteiger partial charge is 0.356 e. The van der Waals surface area contributed by atoms with Crippen molar-refractivity contribution in [1.29, 1.82) is 0 Å². The van der Waals surface area contributed by atoms with Crippen molar-refractivity contribution in [3.8, 4) is 0 Å². The van der Waals surface area contributed by atoms with Gasteiger partial charge in [-0.25, -0.2) is 0 Å². The molecule has 2 heterocycles. The van der Waals surface area contributed by atoms with Crippen molar-refractivity contribution in [2.45, 2.75) is 19.3 Å². The molecule has 1 fully saturated rings. The maximum Gasteiger partial charge on any atom is 0.190 e. The van der Waals surface area contributed by atoms with E-state index in [4.69, 9.17) is 0 Å². The van der Waals surface area contributed by atoms with Crippen LogP contribution < -0.4 is 10.6 Å². The molecule has 1 aliphatic heterocycles. The summed E-state index contributed by atoms with van der Waals surface area (Å²) in [6, 6.07) is 6.02. The highest BCUT2D eigenvalue weighted by molar-refractivity contribution is 14.0. The SMILES string of the molecule is CN=C(NCCCN1CCCN(C)CC1)NCCc1ccccn1.I. The smallest absolute Gasteiger partial charge is 0.190 e. The average molecular weight is 460 g/mol. The van der Waals surface area contributed by atoms with Crippen LogP contribution in [0.2, 0.25) is 0 Å². The van der Waals surface area contributed by atoms with Crippen LogP contribution in [0.4, 0.5) is 0 Å². The molecule has 6 nitrogen and oxygen atoms in total. The van der Waals surface area contributed by atoms with Crippen LogP contribution >= 0.6 is 24.0 Å². The Balaban J connectivity index is 0.00000312. The molecule has 2 N–H and O–H groups in total. The molecule has 0 aliphatic carbocycles. The summed E-state index contributed by atoms with van der Waals surface area (Å²) in [5.74, 6) is 0.876. The van der Waals surface area contributed by atoms with Gasteiger partial charge in [0.25, 0.3) is 0 Å². The summed E-state index contributed by atoms with van der Waals surface area (Å²) in [6.45, 7) is 7.78. The second-order valence-electron chi connectivity index (χ2n) is 6.35. The monoisotopic (exact) mass is 460 g/mol. The lowest BCUT2D eigenvalue weighted by Gasteiger charge is -2.20. The minimum Gasteiger partial charge on any atom is -0.356 e. The Morgan fingerprint density at radius 1 is 1.16 bits per heavy atom. The van der Waals surface area contributed by atoms with Gasteiger partial charge in [-0.15, -0.1) is 24.0 Å². The van der Waals surface area contributed by atoms with E-state index >= 15 is 0 Å². The van der Waals surface area contributed by atoms with Crippen molar-refractivity contribution in [3.63, 3.8) is 0 Å². The van der Waals surface area contributed by atoms with Gasteiger partial charge in [-0.3, -0.25) is 9.98 Å². The molecule has 142 valence electrons. The Morgan fingerprint density at radius 3 is 2.76 bits per heavy atom. The average Bonchev–Trinajstić information content (AvgIpc) is 2.82. The number of aliphatic imine (C=N–C) groups is 1. The molecule has 0 aromatic carbocycles. The molecule has 0 bridgehead atoms. The highest BCUT2D eigenvalue weighted by Gasteiger charge is 2.11. The van der Waals surface area contributed by atoms with Crippen LogP contribution in [-0.4, -0.2) is 80.7 Å². The van der Waals surface area contributed by atoms with Crippen LogP contribution in [0.25, 0.3) is 0 Å². The second-order valence-corrected chi connectivity index (χ2v) is 6.35. The number of halogens is 1. The van der Waals surface area contributed by atoms with Crippen LogP contribution in [0.1, 0.15) is 18.5 Å². The van der Waals surface area contributed by atoms with Gasteiger partial charge in [0.2, 0.25) is 0 Å². The number of guanidine groups is 1. The van der Waals surface area contributed by atoms with Gasteiger partial charge in [0.1, 0.15) is 0 Å². The molecular formula is C18H33IN6. The number of hydrogen-bond donors (Lipinski definition) is 2. The topological polar surface area (TPSA) is 55.8 Å². The van der Waals surface area contributed by atoms with E-state index in [9.17, 15) is 0 Å². The molecule has 1 saturated heterocycles. The molecule has 2 rings (SSSR count). The molecule has 0 atom stereocenters. The minimum atomic E-state index is 0. The number of aromatic nitrogens is 1. The Labute approximate surface area is 169 Å². The van der Waals surface area contributed by atoms with Gasteiger partial charge in [-0.1, -0.05) is 6.07 Å². The lowest BCUT2D eigenvalue weighted by molar-refractivity contribution is 0.274. The number of rotatable bonds is 7. The molecule has 0 saturated carbocycles. The zero-order valence-corrected chi connectivity index (χ0v) is 17.9. The third kappa shape index (κ3) is 9.37. The van der Waals surface area contributed by atoms with Gasteiger partial charge >= 0.3 is 0 Å². The van der Waals surface area contributed by atoms with Crippen molar-refractivity contribution < 1.29 is 0 Å². The van der Waals surface area contributed by atoms with Crippen LogP contribution in [0.3, 0.4) is 0 Å². The van der Waals surface area contributed by atoms with Crippen molar-refractivity contribution >= 4 is 29.9 Å². The van der Waals surface area contributed by atoms with E-state index in [1.165, 1.54) is 32.6 Å². The van der Waals surface area contributed by atoms with Crippen molar-refractivity contribution in [3.05, 3.63) is 30.1 Å². The van der Waals surface area contributed by atoms with Crippen LogP contribution in [0.5, 0.6) is 0 Å². The number of nitrogens with one attached hydrogen (secondary N) is 2. The zero-order valence-electron chi connectivity index (χ0n) is 15.6. The highest BCUT2D eigenvalue weighted by Crippen LogP contribution is 2.01. The van der Waals surface area contributed by atoms with Gasteiger partial charge in [0.15, 0.2) is 5.96 Å². The van der Waals surface area contributed by atoms with Gasteiger partial charge < -0.3 is 20.4 Å². The van der Waals surface area contributed by atoms with Crippen LogP contribution in [-0.2, 0) is 6.42 Å². The molecule has 25 heavy (non-hydrogen) atoms. The van der Waals surface area contributed by atoms with Crippen molar-refractivity contribution in [1.82, 2.24) is 25.4 Å². The summed E-state index contributed by atoms with van der Waals surface area (Å²) in [7, 11) is 4.03. The summed E-state index contributed by atoms with van der Waals surface area (Å²) >= 11 is 0. The third-order valence-electron chi connectivity index (χ3n) is 4.38. The van der Waals surface area contributed by atoms with E-state index in [1.54, 1.807) is 0 Å². The van der Waals surface area contributed by atoms with E-state index in [2.05, 4.69) is 43.5 Å². The lowest BCUT2D eigenvalue weighted by atomic mass is 10.3. The second kappa shape index (κ2) is 13.3. The Kier molecular flexibility index (Phi) is 11.8. The maximum absolute atomic E-state index is 4.33. The molecule has 0 spiro atoms. The number of nitrogens with zero attached hydrogens (tertiary/aromatic N) is 4. The van der Waals surface area contributed by atoms with E-state index in [0.717, 1.165) is 44.1 Å². The zero-order chi connectivity index (χ0) is 17.0. The van der Waals surface area contributed by atoms with Gasteiger partial charge in [0, 0.05) is 51.5 Å². The summed E-state index contributed by atoms with van der Waals surface area (Å²) in [6.07, 6.45) is 5.16. The molecule has 1 aliphatic rings. The maximum atomic E-state index is 4.33. The molecule has 1 aromatic rings. The summed E-state index contributed by atoms with van der Waals surface area (Å²) in [4.78, 5) is 13.6. The predicted octanol–water partition coefficient (Wildman–Crippen LogP) is 1.43. The van der Waals surface area contributed by atoms with Gasteiger partial charge in [-0.2, -0.15) is 0 Å². The quantitative estimate of drug-likeness (QED) is 0.279. The fourth-order valence-electron chi connectivity index (χ4n) is 2.91. The van der Waals surface area contributed by atoms with Gasteiger partial charge in [0.05, 0.1) is 0 Å². The standard InChI is InChI=1S/C18H32N6.HI/c1-19-18(22-11-8-17-7-3-4-9-20-17)21-10-5-13-24-14-6-12-23(2)15-16-24;/h3-4,7,9H,5-6,8,10-16H2,1-2H3,(H2,19,21,22);1H. The Hall–Kier alpha value is -0.930. The van der Waals surface area contributed by atoms with E-state index in [1.807, 2.05) is 25.4 Å². The molecular weight excluding hydrogens is 427 g/mol. The van der Waals surface area contributed by atoms with Gasteiger partial charge in [-0.05, 0) is 51.7 Å². The number of pyridine rings is 1. The first-order valence-electron chi connectivity index (χ1n) is 9.03. The number of likely N-dealkylation sites (N-methyl/N-ethyl adjacent to an activating group) is 1. The Morgan fingerprint density at radius 2 is 2.00 bits per heavy atom. The Bertz CT molecular complexity index is 482. The van der Waals surface area contributed by atoms with Crippen molar-refractivity contribution in [2.24, 2.45) is 4.99 Å². The summed E-state index contributed by atoms with van der Waals surface area (Å²) < 4.78 is 0. The first kappa shape index (κ1) is 22.1. The number of hydrogen-bond acceptors (Lipinski definition) is 4. The van der Waals surface area contributed by atoms with Crippen LogP contribution in [0.15, 0.2) is 29.4 Å². The minimum absolute atomic E-state index is 0. The summed E-state index contributed by atoms with van der Waals surface area (Å²) in [5.41, 5.74) is 1.10. The van der Waals surface area contributed by atoms with Crippen LogP contribution in [0, 0.1) is 0 Å². The molecule has 0 amide bonds. The first-order chi connectivity index (χ1) is 11.8. The van der Waals surface area contributed by atoms with Crippen molar-refractivity contribution in [2.75, 3.05) is 59.9 Å². The lowest BCUT2D eigenvalue weighted by Crippen LogP contribution is -2.40. The highest BCUT2D eigenvalue weighted by atomic mass is 127. The fourth-order valence-corrected chi connectivity index (χ4v) is 2.91. The summed E-state index contributed by atoms with van der Waals surface area (Å²) in [5, 5.41) is 6.75. The normalized spacial score (nSPS) is 16.8. The molecule has 7 heteroatoms. The third-order valence-corrected chi connectivity index (χ3v) is 4.38. The predicted molar refractivity (Wildman–Crippen MR) is 116 cm³/mol. The molecule has 0 radical (unpaired) electrons. The molecule has 1 aromatic heterocycles. The first-order valence-corrected chi connectivity index (χ1v) is 9.03. The van der Waals surface area contributed by atoms with E-state index in [-0.39, 0.29) is 24.0 Å².